The summed E-state index contributed by atoms with van der Waals surface area (Å²) >= 11 is 1.49. The zero-order valence-electron chi connectivity index (χ0n) is 20.6. The van der Waals surface area contributed by atoms with Gasteiger partial charge in [0.05, 0.1) is 27.4 Å². The third kappa shape index (κ3) is 6.40. The van der Waals surface area contributed by atoms with E-state index in [-0.39, 0.29) is 23.9 Å². The second kappa shape index (κ2) is 11.2. The van der Waals surface area contributed by atoms with E-state index < -0.39 is 5.82 Å². The molecule has 1 aromatic carbocycles. The van der Waals surface area contributed by atoms with Gasteiger partial charge >= 0.3 is 6.03 Å². The number of hydrogen-bond acceptors (Lipinski definition) is 7. The Morgan fingerprint density at radius 3 is 2.76 bits per heavy atom. The molecule has 3 N–H and O–H groups in total. The third-order valence-electron chi connectivity index (χ3n) is 5.85. The van der Waals surface area contributed by atoms with Crippen LogP contribution in [-0.4, -0.2) is 41.8 Å². The first-order chi connectivity index (χ1) is 18.0. The van der Waals surface area contributed by atoms with Crippen molar-refractivity contribution in [3.8, 4) is 22.1 Å². The van der Waals surface area contributed by atoms with Gasteiger partial charge in [0.15, 0.2) is 11.6 Å². The maximum atomic E-state index is 14.8. The number of nitrogens with one attached hydrogen (secondary N) is 3. The highest BCUT2D eigenvalue weighted by Gasteiger charge is 2.23. The van der Waals surface area contributed by atoms with Gasteiger partial charge in [-0.25, -0.2) is 9.18 Å². The predicted molar refractivity (Wildman–Crippen MR) is 143 cm³/mol. The molecule has 1 aliphatic carbocycles. The normalized spacial score (nSPS) is 13.9. The Morgan fingerprint density at radius 2 is 2.03 bits per heavy atom. The molecular formula is C27H28FN5O3S. The van der Waals surface area contributed by atoms with Crippen LogP contribution in [0.25, 0.3) is 20.8 Å². The molecule has 4 aromatic rings. The lowest BCUT2D eigenvalue weighted by atomic mass is 10.2. The van der Waals surface area contributed by atoms with Crippen LogP contribution in [0.5, 0.6) is 11.5 Å². The number of carbonyl (C=O) groups excluding carboxylic acids is 1. The number of methoxy groups -OCH3 is 1. The minimum atomic E-state index is -0.573. The summed E-state index contributed by atoms with van der Waals surface area (Å²) in [5, 5.41) is 8.85. The lowest BCUT2D eigenvalue weighted by Crippen LogP contribution is -2.30. The molecule has 37 heavy (non-hydrogen) atoms. The van der Waals surface area contributed by atoms with Crippen LogP contribution in [0.4, 0.5) is 14.9 Å². The largest absolute Gasteiger partial charge is 0.453 e. The number of halogens is 1. The van der Waals surface area contributed by atoms with Crippen molar-refractivity contribution in [2.45, 2.75) is 38.4 Å². The number of fused-ring (bicyclic) bond motifs is 1. The summed E-state index contributed by atoms with van der Waals surface area (Å²) in [5.41, 5.74) is 3.01. The number of amides is 2. The number of hydrogen-bond donors (Lipinski definition) is 3. The van der Waals surface area contributed by atoms with E-state index in [0.717, 1.165) is 39.2 Å². The Kier molecular flexibility index (Phi) is 7.59. The van der Waals surface area contributed by atoms with Gasteiger partial charge in [0, 0.05) is 56.0 Å². The Balaban J connectivity index is 1.29. The average molecular weight is 522 g/mol. The summed E-state index contributed by atoms with van der Waals surface area (Å²) in [6.45, 7) is 3.42. The molecule has 0 saturated heterocycles. The number of thiophene rings is 1. The van der Waals surface area contributed by atoms with Crippen molar-refractivity contribution in [1.29, 1.82) is 0 Å². The number of benzene rings is 1. The molecule has 10 heteroatoms. The molecule has 1 saturated carbocycles. The summed E-state index contributed by atoms with van der Waals surface area (Å²) in [5.74, 6) is -0.00906. The summed E-state index contributed by atoms with van der Waals surface area (Å²) in [6, 6.07) is 12.2. The average Bonchev–Trinajstić information content (AvgIpc) is 3.58. The molecule has 0 bridgehead atoms. The quantitative estimate of drug-likeness (QED) is 0.248. The van der Waals surface area contributed by atoms with E-state index in [1.807, 2.05) is 24.4 Å². The highest BCUT2D eigenvalue weighted by atomic mass is 32.1. The molecule has 1 fully saturated rings. The highest BCUT2D eigenvalue weighted by Crippen LogP contribution is 2.39. The van der Waals surface area contributed by atoms with Crippen molar-refractivity contribution in [2.24, 2.45) is 0 Å². The monoisotopic (exact) mass is 521 g/mol. The van der Waals surface area contributed by atoms with Crippen LogP contribution in [0, 0.1) is 5.82 Å². The first-order valence-electron chi connectivity index (χ1n) is 12.1. The van der Waals surface area contributed by atoms with Gasteiger partial charge in [-0.05, 0) is 49.6 Å². The van der Waals surface area contributed by atoms with Crippen LogP contribution in [0.2, 0.25) is 0 Å². The Bertz CT molecular complexity index is 1390. The van der Waals surface area contributed by atoms with E-state index in [4.69, 9.17) is 9.47 Å². The Labute approximate surface area is 218 Å². The zero-order chi connectivity index (χ0) is 25.8. The maximum Gasteiger partial charge on any atom is 0.319 e. The van der Waals surface area contributed by atoms with Crippen LogP contribution in [-0.2, 0) is 11.3 Å². The summed E-state index contributed by atoms with van der Waals surface area (Å²) < 4.78 is 26.7. The third-order valence-corrected chi connectivity index (χ3v) is 7.01. The van der Waals surface area contributed by atoms with Crippen molar-refractivity contribution in [2.75, 3.05) is 19.0 Å². The van der Waals surface area contributed by atoms with Crippen LogP contribution in [0.3, 0.4) is 0 Å². The minimum Gasteiger partial charge on any atom is -0.453 e. The number of pyridine rings is 2. The zero-order valence-corrected chi connectivity index (χ0v) is 21.4. The van der Waals surface area contributed by atoms with Gasteiger partial charge in [0.25, 0.3) is 0 Å². The fraction of sp³-hybridized carbons (Fsp3) is 0.296. The molecule has 0 radical (unpaired) electrons. The van der Waals surface area contributed by atoms with Gasteiger partial charge in [-0.3, -0.25) is 9.97 Å². The number of rotatable bonds is 10. The molecule has 192 valence electrons. The van der Waals surface area contributed by atoms with Gasteiger partial charge in [0.1, 0.15) is 5.75 Å². The molecule has 1 atom stereocenters. The van der Waals surface area contributed by atoms with Crippen LogP contribution < -0.4 is 20.7 Å². The number of urea groups is 1. The molecule has 5 rings (SSSR count). The van der Waals surface area contributed by atoms with Crippen LogP contribution >= 0.6 is 11.3 Å². The van der Waals surface area contributed by atoms with Gasteiger partial charge in [-0.1, -0.05) is 6.07 Å². The molecule has 1 unspecified atom stereocenters. The molecular weight excluding hydrogens is 493 g/mol. The fourth-order valence-corrected chi connectivity index (χ4v) is 4.80. The highest BCUT2D eigenvalue weighted by molar-refractivity contribution is 7.22. The van der Waals surface area contributed by atoms with E-state index in [9.17, 15) is 9.18 Å². The van der Waals surface area contributed by atoms with Crippen molar-refractivity contribution >= 4 is 33.3 Å². The molecule has 0 aliphatic heterocycles. The van der Waals surface area contributed by atoms with Crippen molar-refractivity contribution < 1.29 is 18.7 Å². The number of anilines is 1. The Hall–Kier alpha value is -3.60. The van der Waals surface area contributed by atoms with E-state index >= 15 is 0 Å². The molecule has 3 aromatic heterocycles. The van der Waals surface area contributed by atoms with E-state index in [1.165, 1.54) is 23.5 Å². The topological polar surface area (TPSA) is 97.4 Å². The SMILES string of the molecule is COCC(C)NCc1ccc(-c2cc3nccc(Oc4ccc(NC(=O)NC5CC5)cc4F)c3s2)nc1. The fourth-order valence-electron chi connectivity index (χ4n) is 3.76. The lowest BCUT2D eigenvalue weighted by molar-refractivity contribution is 0.171. The second-order valence-corrected chi connectivity index (χ2v) is 10.1. The summed E-state index contributed by atoms with van der Waals surface area (Å²) in [4.78, 5) is 21.9. The number of aromatic nitrogens is 2. The lowest BCUT2D eigenvalue weighted by Gasteiger charge is -2.12. The summed E-state index contributed by atoms with van der Waals surface area (Å²) in [7, 11) is 1.69. The smallest absolute Gasteiger partial charge is 0.319 e. The predicted octanol–water partition coefficient (Wildman–Crippen LogP) is 5.70. The number of carbonyl (C=O) groups is 1. The minimum absolute atomic E-state index is 0.0632. The second-order valence-electron chi connectivity index (χ2n) is 9.04. The molecule has 3 heterocycles. The standard InChI is InChI=1S/C27H28FN5O3S/c1-16(15-35-2)30-13-17-3-7-21(31-14-17)25-12-22-26(37-25)24(9-10-29-22)36-23-8-6-19(11-20(23)28)33-27(34)32-18-4-5-18/h3,6-12,14,16,18,30H,4-5,13,15H2,1-2H3,(H2,32,33,34). The van der Waals surface area contributed by atoms with Crippen LogP contribution in [0.15, 0.2) is 54.9 Å². The van der Waals surface area contributed by atoms with Gasteiger partial charge in [-0.15, -0.1) is 11.3 Å². The Morgan fingerprint density at radius 1 is 1.16 bits per heavy atom. The van der Waals surface area contributed by atoms with Crippen LogP contribution in [0.1, 0.15) is 25.3 Å². The molecule has 0 spiro atoms. The molecule has 2 amide bonds. The first-order valence-corrected chi connectivity index (χ1v) is 12.9. The van der Waals surface area contributed by atoms with Crippen molar-refractivity contribution in [3.63, 3.8) is 0 Å². The van der Waals surface area contributed by atoms with Gasteiger partial charge < -0.3 is 25.4 Å². The number of nitrogens with zero attached hydrogens (tertiary/aromatic N) is 2. The van der Waals surface area contributed by atoms with E-state index in [0.29, 0.717) is 24.6 Å². The van der Waals surface area contributed by atoms with Gasteiger partial charge in [-0.2, -0.15) is 0 Å². The molecule has 8 nitrogen and oxygen atoms in total. The molecule has 1 aliphatic rings. The van der Waals surface area contributed by atoms with E-state index in [1.54, 1.807) is 25.4 Å². The van der Waals surface area contributed by atoms with Crippen molar-refractivity contribution in [3.05, 3.63) is 66.2 Å². The first kappa shape index (κ1) is 25.1. The summed E-state index contributed by atoms with van der Waals surface area (Å²) in [6.07, 6.45) is 5.44. The van der Waals surface area contributed by atoms with Crippen molar-refractivity contribution in [1.82, 2.24) is 20.6 Å². The van der Waals surface area contributed by atoms with E-state index in [2.05, 4.69) is 32.8 Å². The number of ether oxygens (including phenoxy) is 2. The maximum absolute atomic E-state index is 14.8. The van der Waals surface area contributed by atoms with Gasteiger partial charge in [0.2, 0.25) is 0 Å².